The molecule has 1 aromatic rings. The number of nitrogens with zero attached hydrogens (tertiary/aromatic N) is 4. The average Bonchev–Trinajstić information content (AvgIpc) is 2.55. The van der Waals surface area contributed by atoms with Crippen molar-refractivity contribution >= 4 is 11.9 Å². The van der Waals surface area contributed by atoms with Crippen molar-refractivity contribution in [3.8, 4) is 0 Å². The molecule has 3 rings (SSSR count). The summed E-state index contributed by atoms with van der Waals surface area (Å²) in [5.74, 6) is 0.688. The van der Waals surface area contributed by atoms with Crippen molar-refractivity contribution in [2.45, 2.75) is 26.2 Å². The van der Waals surface area contributed by atoms with Crippen LogP contribution in [0.25, 0.3) is 0 Å². The summed E-state index contributed by atoms with van der Waals surface area (Å²) in [4.78, 5) is 25.6. The summed E-state index contributed by atoms with van der Waals surface area (Å²) < 4.78 is 5.35. The Morgan fingerprint density at radius 3 is 2.52 bits per heavy atom. The van der Waals surface area contributed by atoms with Crippen molar-refractivity contribution in [1.82, 2.24) is 14.9 Å². The molecule has 114 valence electrons. The molecule has 3 heterocycles. The molecule has 0 aromatic carbocycles. The second kappa shape index (κ2) is 6.39. The number of hydrogen-bond acceptors (Lipinski definition) is 5. The molecular weight excluding hydrogens is 268 g/mol. The van der Waals surface area contributed by atoms with Crippen LogP contribution in [0.15, 0.2) is 6.07 Å². The maximum Gasteiger partial charge on any atom is 0.272 e. The average molecular weight is 290 g/mol. The summed E-state index contributed by atoms with van der Waals surface area (Å²) in [6.07, 6.45) is 3.39. The summed E-state index contributed by atoms with van der Waals surface area (Å²) in [5.41, 5.74) is 1.36. The molecule has 0 saturated carbocycles. The first-order valence-corrected chi connectivity index (χ1v) is 7.72. The molecule has 6 nitrogen and oxygen atoms in total. The van der Waals surface area contributed by atoms with Crippen molar-refractivity contribution < 1.29 is 9.53 Å². The number of aromatic nitrogens is 2. The SMILES string of the molecule is Cc1cc(C(=O)N2CCCCC2)nc(N2CCOCC2)n1. The van der Waals surface area contributed by atoms with E-state index in [9.17, 15) is 4.79 Å². The van der Waals surface area contributed by atoms with Gasteiger partial charge in [-0.15, -0.1) is 0 Å². The molecule has 1 amide bonds. The van der Waals surface area contributed by atoms with Gasteiger partial charge in [0, 0.05) is 31.9 Å². The minimum absolute atomic E-state index is 0.0368. The van der Waals surface area contributed by atoms with Crippen LogP contribution in [-0.2, 0) is 4.74 Å². The van der Waals surface area contributed by atoms with Crippen molar-refractivity contribution in [3.63, 3.8) is 0 Å². The van der Waals surface area contributed by atoms with Crippen LogP contribution in [0.5, 0.6) is 0 Å². The van der Waals surface area contributed by atoms with E-state index in [1.807, 2.05) is 11.8 Å². The zero-order valence-electron chi connectivity index (χ0n) is 12.5. The maximum atomic E-state index is 12.6. The molecule has 0 bridgehead atoms. The van der Waals surface area contributed by atoms with Gasteiger partial charge in [0.2, 0.25) is 5.95 Å². The van der Waals surface area contributed by atoms with Crippen LogP contribution >= 0.6 is 0 Å². The molecule has 2 fully saturated rings. The van der Waals surface area contributed by atoms with Crippen LogP contribution in [0, 0.1) is 6.92 Å². The fourth-order valence-electron chi connectivity index (χ4n) is 2.83. The van der Waals surface area contributed by atoms with Crippen molar-refractivity contribution in [1.29, 1.82) is 0 Å². The Kier molecular flexibility index (Phi) is 4.34. The number of amides is 1. The van der Waals surface area contributed by atoms with E-state index in [-0.39, 0.29) is 5.91 Å². The van der Waals surface area contributed by atoms with Gasteiger partial charge in [-0.05, 0) is 32.3 Å². The summed E-state index contributed by atoms with van der Waals surface area (Å²) in [6, 6.07) is 1.79. The molecule has 2 saturated heterocycles. The number of morpholine rings is 1. The number of rotatable bonds is 2. The predicted octanol–water partition coefficient (Wildman–Crippen LogP) is 1.25. The van der Waals surface area contributed by atoms with E-state index in [1.54, 1.807) is 6.07 Å². The Morgan fingerprint density at radius 1 is 1.10 bits per heavy atom. The lowest BCUT2D eigenvalue weighted by Crippen LogP contribution is -2.39. The van der Waals surface area contributed by atoms with Crippen LogP contribution in [-0.4, -0.2) is 60.2 Å². The molecule has 6 heteroatoms. The third kappa shape index (κ3) is 3.32. The number of ether oxygens (including phenoxy) is 1. The Hall–Kier alpha value is -1.69. The van der Waals surface area contributed by atoms with Gasteiger partial charge in [0.05, 0.1) is 13.2 Å². The molecule has 2 aliphatic rings. The Morgan fingerprint density at radius 2 is 1.81 bits per heavy atom. The molecule has 0 radical (unpaired) electrons. The van der Waals surface area contributed by atoms with Crippen molar-refractivity contribution in [3.05, 3.63) is 17.5 Å². The number of piperidine rings is 1. The van der Waals surface area contributed by atoms with Gasteiger partial charge in [-0.2, -0.15) is 0 Å². The molecule has 0 aliphatic carbocycles. The molecule has 2 aliphatic heterocycles. The lowest BCUT2D eigenvalue weighted by molar-refractivity contribution is 0.0718. The largest absolute Gasteiger partial charge is 0.378 e. The highest BCUT2D eigenvalue weighted by Gasteiger charge is 2.22. The predicted molar refractivity (Wildman–Crippen MR) is 79.6 cm³/mol. The Bertz CT molecular complexity index is 508. The van der Waals surface area contributed by atoms with E-state index < -0.39 is 0 Å². The van der Waals surface area contributed by atoms with Crippen LogP contribution in [0.3, 0.4) is 0 Å². The van der Waals surface area contributed by atoms with E-state index in [4.69, 9.17) is 4.74 Å². The summed E-state index contributed by atoms with van der Waals surface area (Å²) in [5, 5.41) is 0. The number of aryl methyl sites for hydroxylation is 1. The van der Waals surface area contributed by atoms with E-state index in [0.717, 1.165) is 44.7 Å². The molecule has 1 aromatic heterocycles. The van der Waals surface area contributed by atoms with E-state index >= 15 is 0 Å². The minimum atomic E-state index is 0.0368. The highest BCUT2D eigenvalue weighted by atomic mass is 16.5. The fourth-order valence-corrected chi connectivity index (χ4v) is 2.83. The first kappa shape index (κ1) is 14.3. The molecule has 0 N–H and O–H groups in total. The number of carbonyl (C=O) groups excluding carboxylic acids is 1. The smallest absolute Gasteiger partial charge is 0.272 e. The van der Waals surface area contributed by atoms with E-state index in [1.165, 1.54) is 6.42 Å². The Labute approximate surface area is 125 Å². The summed E-state index contributed by atoms with van der Waals surface area (Å²) in [7, 11) is 0. The highest BCUT2D eigenvalue weighted by Crippen LogP contribution is 2.16. The fraction of sp³-hybridized carbons (Fsp3) is 0.667. The maximum absolute atomic E-state index is 12.6. The molecule has 0 atom stereocenters. The van der Waals surface area contributed by atoms with Crippen molar-refractivity contribution in [2.75, 3.05) is 44.3 Å². The molecule has 0 spiro atoms. The van der Waals surface area contributed by atoms with Crippen molar-refractivity contribution in [2.24, 2.45) is 0 Å². The third-order valence-corrected chi connectivity index (χ3v) is 4.00. The van der Waals surface area contributed by atoms with Gasteiger partial charge in [0.1, 0.15) is 5.69 Å². The second-order valence-corrected chi connectivity index (χ2v) is 5.65. The van der Waals surface area contributed by atoms with E-state index in [2.05, 4.69) is 14.9 Å². The van der Waals surface area contributed by atoms with Gasteiger partial charge in [0.15, 0.2) is 0 Å². The first-order chi connectivity index (χ1) is 10.2. The Balaban J connectivity index is 1.81. The quantitative estimate of drug-likeness (QED) is 0.820. The highest BCUT2D eigenvalue weighted by molar-refractivity contribution is 5.92. The normalized spacial score (nSPS) is 19.7. The first-order valence-electron chi connectivity index (χ1n) is 7.72. The van der Waals surface area contributed by atoms with E-state index in [0.29, 0.717) is 24.9 Å². The number of likely N-dealkylation sites (tertiary alicyclic amines) is 1. The molecule has 21 heavy (non-hydrogen) atoms. The van der Waals surface area contributed by atoms with Gasteiger partial charge in [-0.3, -0.25) is 4.79 Å². The lowest BCUT2D eigenvalue weighted by atomic mass is 10.1. The standard InChI is InChI=1S/C15H22N4O2/c1-12-11-13(14(20)18-5-3-2-4-6-18)17-15(16-12)19-7-9-21-10-8-19/h11H,2-10H2,1H3. The van der Waals surface area contributed by atoms with Gasteiger partial charge in [-0.25, -0.2) is 9.97 Å². The number of carbonyl (C=O) groups is 1. The zero-order chi connectivity index (χ0) is 14.7. The summed E-state index contributed by atoms with van der Waals surface area (Å²) in [6.45, 7) is 6.53. The third-order valence-electron chi connectivity index (χ3n) is 4.00. The van der Waals surface area contributed by atoms with Gasteiger partial charge in [0.25, 0.3) is 5.91 Å². The van der Waals surface area contributed by atoms with Gasteiger partial charge >= 0.3 is 0 Å². The minimum Gasteiger partial charge on any atom is -0.378 e. The van der Waals surface area contributed by atoms with Gasteiger partial charge < -0.3 is 14.5 Å². The number of hydrogen-bond donors (Lipinski definition) is 0. The topological polar surface area (TPSA) is 58.6 Å². The van der Waals surface area contributed by atoms with Crippen LogP contribution < -0.4 is 4.90 Å². The van der Waals surface area contributed by atoms with Crippen LogP contribution in [0.1, 0.15) is 35.4 Å². The zero-order valence-corrected chi connectivity index (χ0v) is 12.5. The van der Waals surface area contributed by atoms with Gasteiger partial charge in [-0.1, -0.05) is 0 Å². The molecule has 0 unspecified atom stereocenters. The monoisotopic (exact) mass is 290 g/mol. The number of anilines is 1. The summed E-state index contributed by atoms with van der Waals surface area (Å²) >= 11 is 0. The molecular formula is C15H22N4O2. The van der Waals surface area contributed by atoms with Crippen LogP contribution in [0.4, 0.5) is 5.95 Å². The van der Waals surface area contributed by atoms with Crippen LogP contribution in [0.2, 0.25) is 0 Å². The second-order valence-electron chi connectivity index (χ2n) is 5.65. The lowest BCUT2D eigenvalue weighted by Gasteiger charge is -2.28.